The normalized spacial score (nSPS) is 10.3. The molecule has 3 N–H and O–H groups in total. The molecule has 0 atom stereocenters. The second-order valence-electron chi connectivity index (χ2n) is 2.51. The van der Waals surface area contributed by atoms with Gasteiger partial charge in [0.2, 0.25) is 0 Å². The van der Waals surface area contributed by atoms with Gasteiger partial charge in [0.25, 0.3) is 0 Å². The maximum absolute atomic E-state index is 10.5. The van der Waals surface area contributed by atoms with Crippen LogP contribution >= 0.6 is 0 Å². The van der Waals surface area contributed by atoms with Crippen molar-refractivity contribution in [1.29, 1.82) is 0 Å². The summed E-state index contributed by atoms with van der Waals surface area (Å²) in [5, 5.41) is 0.750. The fraction of sp³-hybridized carbons (Fsp3) is 0. The fourth-order valence-corrected chi connectivity index (χ4v) is 1.23. The van der Waals surface area contributed by atoms with Crippen LogP contribution in [0.5, 0.6) is 0 Å². The SMILES string of the molecule is Nc1cncc2[nH]cc(C=O)c12. The summed E-state index contributed by atoms with van der Waals surface area (Å²) in [5.41, 5.74) is 7.52. The molecule has 0 spiro atoms. The van der Waals surface area contributed by atoms with Crippen LogP contribution < -0.4 is 5.73 Å². The molecule has 0 radical (unpaired) electrons. The van der Waals surface area contributed by atoms with E-state index in [2.05, 4.69) is 9.97 Å². The van der Waals surface area contributed by atoms with Crippen molar-refractivity contribution >= 4 is 22.9 Å². The summed E-state index contributed by atoms with van der Waals surface area (Å²) in [7, 11) is 0. The van der Waals surface area contributed by atoms with E-state index in [1.54, 1.807) is 12.4 Å². The topological polar surface area (TPSA) is 71.8 Å². The molecule has 4 heteroatoms. The Hall–Kier alpha value is -1.84. The van der Waals surface area contributed by atoms with Crippen molar-refractivity contribution in [3.8, 4) is 0 Å². The predicted molar refractivity (Wildman–Crippen MR) is 45.9 cm³/mol. The molecular weight excluding hydrogens is 154 g/mol. The van der Waals surface area contributed by atoms with E-state index >= 15 is 0 Å². The van der Waals surface area contributed by atoms with Gasteiger partial charge in [-0.2, -0.15) is 0 Å². The Morgan fingerprint density at radius 3 is 3.08 bits per heavy atom. The lowest BCUT2D eigenvalue weighted by Gasteiger charge is -1.94. The molecule has 0 aromatic carbocycles. The molecule has 0 bridgehead atoms. The molecule has 4 nitrogen and oxygen atoms in total. The van der Waals surface area contributed by atoms with Crippen molar-refractivity contribution < 1.29 is 4.79 Å². The lowest BCUT2D eigenvalue weighted by atomic mass is 10.2. The van der Waals surface area contributed by atoms with Crippen LogP contribution in [-0.2, 0) is 0 Å². The summed E-state index contributed by atoms with van der Waals surface area (Å²) >= 11 is 0. The number of aldehydes is 1. The highest BCUT2D eigenvalue weighted by Gasteiger charge is 2.04. The zero-order chi connectivity index (χ0) is 8.55. The van der Waals surface area contributed by atoms with Gasteiger partial charge in [-0.3, -0.25) is 9.78 Å². The van der Waals surface area contributed by atoms with Crippen LogP contribution in [0.2, 0.25) is 0 Å². The second kappa shape index (κ2) is 2.34. The monoisotopic (exact) mass is 161 g/mol. The van der Waals surface area contributed by atoms with Crippen LogP contribution in [0.3, 0.4) is 0 Å². The standard InChI is InChI=1S/C8H7N3O/c9-6-2-10-3-7-8(6)5(4-12)1-11-7/h1-4,11H,9H2. The number of pyridine rings is 1. The van der Waals surface area contributed by atoms with Gasteiger partial charge in [-0.15, -0.1) is 0 Å². The third kappa shape index (κ3) is 0.780. The number of nitrogens with one attached hydrogen (secondary N) is 1. The molecule has 0 saturated heterocycles. The van der Waals surface area contributed by atoms with E-state index in [1.165, 1.54) is 6.20 Å². The van der Waals surface area contributed by atoms with E-state index in [-0.39, 0.29) is 0 Å². The summed E-state index contributed by atoms with van der Waals surface area (Å²) in [6.45, 7) is 0. The van der Waals surface area contributed by atoms with Crippen molar-refractivity contribution in [2.75, 3.05) is 5.73 Å². The molecule has 2 aromatic rings. The number of nitrogens with two attached hydrogens (primary N) is 1. The highest BCUT2D eigenvalue weighted by atomic mass is 16.1. The molecule has 60 valence electrons. The number of carbonyl (C=O) groups excluding carboxylic acids is 1. The smallest absolute Gasteiger partial charge is 0.152 e. The highest BCUT2D eigenvalue weighted by molar-refractivity contribution is 6.03. The third-order valence-corrected chi connectivity index (χ3v) is 1.77. The first-order valence-electron chi connectivity index (χ1n) is 3.48. The minimum atomic E-state index is 0.524. The molecule has 0 amide bonds. The summed E-state index contributed by atoms with van der Waals surface area (Å²) in [6, 6.07) is 0. The van der Waals surface area contributed by atoms with Crippen molar-refractivity contribution in [2.24, 2.45) is 0 Å². The number of nitrogen functional groups attached to an aromatic ring is 1. The molecule has 0 aliphatic rings. The largest absolute Gasteiger partial charge is 0.397 e. The number of anilines is 1. The zero-order valence-electron chi connectivity index (χ0n) is 6.24. The molecule has 0 aliphatic carbocycles. The average Bonchev–Trinajstić information content (AvgIpc) is 2.49. The van der Waals surface area contributed by atoms with Gasteiger partial charge < -0.3 is 10.7 Å². The lowest BCUT2D eigenvalue weighted by molar-refractivity contribution is 0.112. The van der Waals surface area contributed by atoms with Gasteiger partial charge in [0, 0.05) is 17.1 Å². The summed E-state index contributed by atoms with van der Waals surface area (Å²) in [6.07, 6.45) is 5.56. The molecule has 2 aromatic heterocycles. The van der Waals surface area contributed by atoms with E-state index in [0.717, 1.165) is 17.2 Å². The van der Waals surface area contributed by atoms with Gasteiger partial charge in [0.15, 0.2) is 6.29 Å². The number of H-pyrrole nitrogens is 1. The second-order valence-corrected chi connectivity index (χ2v) is 2.51. The van der Waals surface area contributed by atoms with Crippen LogP contribution in [0.1, 0.15) is 10.4 Å². The molecule has 12 heavy (non-hydrogen) atoms. The molecular formula is C8H7N3O. The number of nitrogens with zero attached hydrogens (tertiary/aromatic N) is 1. The van der Waals surface area contributed by atoms with Crippen LogP contribution in [0.4, 0.5) is 5.69 Å². The first-order valence-corrected chi connectivity index (χ1v) is 3.48. The van der Waals surface area contributed by atoms with E-state index in [9.17, 15) is 4.79 Å². The van der Waals surface area contributed by atoms with E-state index in [0.29, 0.717) is 11.3 Å². The maximum Gasteiger partial charge on any atom is 0.152 e. The first kappa shape index (κ1) is 6.84. The predicted octanol–water partition coefficient (Wildman–Crippen LogP) is 0.958. The van der Waals surface area contributed by atoms with Gasteiger partial charge in [0.05, 0.1) is 23.6 Å². The Morgan fingerprint density at radius 1 is 1.50 bits per heavy atom. The quantitative estimate of drug-likeness (QED) is 0.612. The highest BCUT2D eigenvalue weighted by Crippen LogP contribution is 2.21. The molecule has 0 fully saturated rings. The van der Waals surface area contributed by atoms with Crippen molar-refractivity contribution in [3.05, 3.63) is 24.2 Å². The zero-order valence-corrected chi connectivity index (χ0v) is 6.24. The molecule has 0 aliphatic heterocycles. The van der Waals surface area contributed by atoms with Crippen LogP contribution in [-0.4, -0.2) is 16.3 Å². The average molecular weight is 161 g/mol. The molecule has 2 rings (SSSR count). The summed E-state index contributed by atoms with van der Waals surface area (Å²) in [4.78, 5) is 17.3. The van der Waals surface area contributed by atoms with Crippen LogP contribution in [0.25, 0.3) is 10.9 Å². The van der Waals surface area contributed by atoms with Gasteiger partial charge >= 0.3 is 0 Å². The summed E-state index contributed by atoms with van der Waals surface area (Å²) in [5.74, 6) is 0. The van der Waals surface area contributed by atoms with Crippen LogP contribution in [0, 0.1) is 0 Å². The van der Waals surface area contributed by atoms with Crippen molar-refractivity contribution in [2.45, 2.75) is 0 Å². The first-order chi connectivity index (χ1) is 5.83. The third-order valence-electron chi connectivity index (χ3n) is 1.77. The minimum Gasteiger partial charge on any atom is -0.397 e. The van der Waals surface area contributed by atoms with Crippen molar-refractivity contribution in [3.63, 3.8) is 0 Å². The lowest BCUT2D eigenvalue weighted by Crippen LogP contribution is -1.88. The number of hydrogen-bond donors (Lipinski definition) is 2. The summed E-state index contributed by atoms with van der Waals surface area (Å²) < 4.78 is 0. The Bertz CT molecular complexity index is 433. The molecule has 2 heterocycles. The van der Waals surface area contributed by atoms with E-state index < -0.39 is 0 Å². The van der Waals surface area contributed by atoms with E-state index in [4.69, 9.17) is 5.73 Å². The Balaban J connectivity index is 2.91. The van der Waals surface area contributed by atoms with Crippen LogP contribution in [0.15, 0.2) is 18.6 Å². The number of carbonyl (C=O) groups is 1. The number of fused-ring (bicyclic) bond motifs is 1. The maximum atomic E-state index is 10.5. The van der Waals surface area contributed by atoms with Gasteiger partial charge in [-0.1, -0.05) is 0 Å². The Kier molecular flexibility index (Phi) is 1.33. The van der Waals surface area contributed by atoms with E-state index in [1.807, 2.05) is 0 Å². The Morgan fingerprint density at radius 2 is 2.33 bits per heavy atom. The number of rotatable bonds is 1. The molecule has 0 saturated carbocycles. The number of aromatic amines is 1. The fourth-order valence-electron chi connectivity index (χ4n) is 1.23. The number of aromatic nitrogens is 2. The minimum absolute atomic E-state index is 0.524. The van der Waals surface area contributed by atoms with Crippen molar-refractivity contribution in [1.82, 2.24) is 9.97 Å². The van der Waals surface area contributed by atoms with Gasteiger partial charge in [0.1, 0.15) is 0 Å². The van der Waals surface area contributed by atoms with Gasteiger partial charge in [-0.05, 0) is 0 Å². The van der Waals surface area contributed by atoms with Gasteiger partial charge in [-0.25, -0.2) is 0 Å². The number of hydrogen-bond acceptors (Lipinski definition) is 3. The Labute approximate surface area is 68.4 Å². The molecule has 0 unspecified atom stereocenters.